The fourth-order valence-corrected chi connectivity index (χ4v) is 3.87. The number of imidazole rings is 1. The molecule has 0 radical (unpaired) electrons. The Kier molecular flexibility index (Phi) is 8.82. The van der Waals surface area contributed by atoms with Gasteiger partial charge in [-0.05, 0) is 36.8 Å². The van der Waals surface area contributed by atoms with Crippen LogP contribution in [0, 0.1) is 5.41 Å². The third-order valence-corrected chi connectivity index (χ3v) is 5.45. The van der Waals surface area contributed by atoms with Gasteiger partial charge >= 0.3 is 0 Å². The topological polar surface area (TPSA) is 74.3 Å². The second kappa shape index (κ2) is 10.8. The molecule has 27 heavy (non-hydrogen) atoms. The molecular weight excluding hydrogens is 453 g/mol. The number of aliphatic imine (C=N–C) groups is 1. The molecule has 150 valence electrons. The maximum Gasteiger partial charge on any atom is 0.191 e. The molecule has 0 spiro atoms. The van der Waals surface area contributed by atoms with Crippen molar-refractivity contribution >= 4 is 41.0 Å². The molecule has 1 heterocycles. The molecule has 7 heteroatoms. The highest BCUT2D eigenvalue weighted by Crippen LogP contribution is 2.40. The third-order valence-electron chi connectivity index (χ3n) is 5.45. The molecule has 1 aromatic carbocycles. The zero-order valence-corrected chi connectivity index (χ0v) is 18.7. The summed E-state index contributed by atoms with van der Waals surface area (Å²) in [4.78, 5) is 12.4. The quantitative estimate of drug-likeness (QED) is 0.304. The molecule has 0 saturated heterocycles. The molecule has 1 saturated carbocycles. The molecule has 3 N–H and O–H groups in total. The number of para-hydroxylation sites is 2. The van der Waals surface area contributed by atoms with E-state index in [0.29, 0.717) is 5.41 Å². The molecule has 3 rings (SSSR count). The van der Waals surface area contributed by atoms with E-state index < -0.39 is 0 Å². The van der Waals surface area contributed by atoms with Crippen LogP contribution in [-0.2, 0) is 11.2 Å². The van der Waals surface area contributed by atoms with Gasteiger partial charge in [0.15, 0.2) is 5.96 Å². The molecule has 1 fully saturated rings. The predicted molar refractivity (Wildman–Crippen MR) is 122 cm³/mol. The van der Waals surface area contributed by atoms with Gasteiger partial charge in [-0.25, -0.2) is 4.98 Å². The second-order valence-electron chi connectivity index (χ2n) is 7.25. The van der Waals surface area contributed by atoms with Crippen LogP contribution >= 0.6 is 24.0 Å². The summed E-state index contributed by atoms with van der Waals surface area (Å²) in [5.74, 6) is 1.87. The Labute approximate surface area is 179 Å². The van der Waals surface area contributed by atoms with Gasteiger partial charge in [0.25, 0.3) is 0 Å². The van der Waals surface area contributed by atoms with E-state index in [4.69, 9.17) is 4.74 Å². The smallest absolute Gasteiger partial charge is 0.191 e. The highest BCUT2D eigenvalue weighted by Gasteiger charge is 2.33. The van der Waals surface area contributed by atoms with Gasteiger partial charge in [-0.3, -0.25) is 4.99 Å². The van der Waals surface area contributed by atoms with E-state index >= 15 is 0 Å². The van der Waals surface area contributed by atoms with Crippen molar-refractivity contribution in [3.05, 3.63) is 30.1 Å². The number of methoxy groups -OCH3 is 1. The normalized spacial score (nSPS) is 16.3. The number of H-pyrrole nitrogens is 1. The van der Waals surface area contributed by atoms with Gasteiger partial charge in [0, 0.05) is 40.3 Å². The van der Waals surface area contributed by atoms with Crippen molar-refractivity contribution in [1.82, 2.24) is 20.6 Å². The molecule has 0 atom stereocenters. The first-order valence-corrected chi connectivity index (χ1v) is 9.62. The van der Waals surface area contributed by atoms with Crippen molar-refractivity contribution < 1.29 is 4.74 Å². The third kappa shape index (κ3) is 6.07. The highest BCUT2D eigenvalue weighted by molar-refractivity contribution is 14.0. The lowest BCUT2D eigenvalue weighted by Gasteiger charge is -2.29. The molecule has 2 aromatic rings. The standard InChI is InChI=1S/C20H31N5O.HI/c1-21-19(23-15-20(12-14-26-2)10-5-6-11-20)22-13-9-18-24-16-7-3-4-8-17(16)25-18;/h3-4,7-8H,5-6,9-15H2,1-2H3,(H,24,25)(H2,21,22,23);1H. The number of nitrogens with one attached hydrogen (secondary N) is 3. The first-order valence-electron chi connectivity index (χ1n) is 9.62. The van der Waals surface area contributed by atoms with E-state index in [-0.39, 0.29) is 24.0 Å². The summed E-state index contributed by atoms with van der Waals surface area (Å²) >= 11 is 0. The Balaban J connectivity index is 0.00000261. The minimum absolute atomic E-state index is 0. The van der Waals surface area contributed by atoms with Crippen molar-refractivity contribution in [2.24, 2.45) is 10.4 Å². The average molecular weight is 485 g/mol. The SMILES string of the molecule is CN=C(NCCc1nc2ccccc2[nH]1)NCC1(CCOC)CCCC1.I. The lowest BCUT2D eigenvalue weighted by molar-refractivity contribution is 0.138. The van der Waals surface area contributed by atoms with Gasteiger partial charge < -0.3 is 20.4 Å². The van der Waals surface area contributed by atoms with Gasteiger partial charge in [0.2, 0.25) is 0 Å². The molecule has 0 aliphatic heterocycles. The number of guanidine groups is 1. The summed E-state index contributed by atoms with van der Waals surface area (Å²) in [6.07, 6.45) is 7.16. The summed E-state index contributed by atoms with van der Waals surface area (Å²) in [5.41, 5.74) is 2.46. The minimum Gasteiger partial charge on any atom is -0.385 e. The van der Waals surface area contributed by atoms with Crippen LogP contribution in [0.2, 0.25) is 0 Å². The molecule has 0 bridgehead atoms. The first-order chi connectivity index (χ1) is 12.7. The second-order valence-corrected chi connectivity index (χ2v) is 7.25. The number of halogens is 1. The van der Waals surface area contributed by atoms with Gasteiger partial charge in [0.05, 0.1) is 11.0 Å². The fourth-order valence-electron chi connectivity index (χ4n) is 3.87. The number of fused-ring (bicyclic) bond motifs is 1. The Bertz CT molecular complexity index is 691. The highest BCUT2D eigenvalue weighted by atomic mass is 127. The van der Waals surface area contributed by atoms with E-state index in [9.17, 15) is 0 Å². The maximum atomic E-state index is 5.32. The monoisotopic (exact) mass is 485 g/mol. The number of hydrogen-bond acceptors (Lipinski definition) is 3. The molecule has 1 aliphatic rings. The van der Waals surface area contributed by atoms with Crippen molar-refractivity contribution in [2.45, 2.75) is 38.5 Å². The van der Waals surface area contributed by atoms with E-state index in [2.05, 4.69) is 31.7 Å². The van der Waals surface area contributed by atoms with Gasteiger partial charge in [-0.1, -0.05) is 25.0 Å². The van der Waals surface area contributed by atoms with Crippen molar-refractivity contribution in [2.75, 3.05) is 33.9 Å². The number of aromatic amines is 1. The van der Waals surface area contributed by atoms with Gasteiger partial charge in [0.1, 0.15) is 5.82 Å². The molecular formula is C20H32IN5O. The number of benzene rings is 1. The van der Waals surface area contributed by atoms with E-state index in [1.165, 1.54) is 25.7 Å². The van der Waals surface area contributed by atoms with Crippen LogP contribution in [0.3, 0.4) is 0 Å². The predicted octanol–water partition coefficient (Wildman–Crippen LogP) is 3.49. The zero-order valence-electron chi connectivity index (χ0n) is 16.4. The summed E-state index contributed by atoms with van der Waals surface area (Å²) < 4.78 is 5.32. The average Bonchev–Trinajstić information content (AvgIpc) is 3.30. The van der Waals surface area contributed by atoms with Crippen LogP contribution in [0.4, 0.5) is 0 Å². The van der Waals surface area contributed by atoms with E-state index in [0.717, 1.165) is 55.4 Å². The van der Waals surface area contributed by atoms with Crippen LogP contribution < -0.4 is 10.6 Å². The maximum absolute atomic E-state index is 5.32. The van der Waals surface area contributed by atoms with Gasteiger partial charge in [-0.15, -0.1) is 24.0 Å². The summed E-state index contributed by atoms with van der Waals surface area (Å²) in [6.45, 7) is 2.59. The van der Waals surface area contributed by atoms with Gasteiger partial charge in [-0.2, -0.15) is 0 Å². The number of ether oxygens (including phenoxy) is 1. The van der Waals surface area contributed by atoms with E-state index in [1.807, 2.05) is 25.2 Å². The van der Waals surface area contributed by atoms with Crippen LogP contribution in [0.15, 0.2) is 29.3 Å². The van der Waals surface area contributed by atoms with Crippen LogP contribution in [0.25, 0.3) is 11.0 Å². The van der Waals surface area contributed by atoms with E-state index in [1.54, 1.807) is 7.11 Å². The van der Waals surface area contributed by atoms with Crippen LogP contribution in [-0.4, -0.2) is 49.8 Å². The summed E-state index contributed by atoms with van der Waals surface area (Å²) in [6, 6.07) is 8.13. The minimum atomic E-state index is 0. The van der Waals surface area contributed by atoms with Crippen LogP contribution in [0.5, 0.6) is 0 Å². The Morgan fingerprint density at radius 1 is 1.26 bits per heavy atom. The lowest BCUT2D eigenvalue weighted by atomic mass is 9.83. The van der Waals surface area contributed by atoms with Crippen molar-refractivity contribution in [3.63, 3.8) is 0 Å². The molecule has 1 aromatic heterocycles. The lowest BCUT2D eigenvalue weighted by Crippen LogP contribution is -2.44. The number of hydrogen-bond donors (Lipinski definition) is 3. The summed E-state index contributed by atoms with van der Waals surface area (Å²) in [5, 5.41) is 6.93. The fraction of sp³-hybridized carbons (Fsp3) is 0.600. The van der Waals surface area contributed by atoms with Crippen molar-refractivity contribution in [1.29, 1.82) is 0 Å². The largest absolute Gasteiger partial charge is 0.385 e. The number of nitrogens with zero attached hydrogens (tertiary/aromatic N) is 2. The first kappa shape index (κ1) is 21.9. The molecule has 1 aliphatic carbocycles. The Hall–Kier alpha value is -1.35. The molecule has 0 amide bonds. The Morgan fingerprint density at radius 3 is 2.74 bits per heavy atom. The zero-order chi connectivity index (χ0) is 18.2. The Morgan fingerprint density at radius 2 is 2.04 bits per heavy atom. The number of rotatable bonds is 8. The molecule has 6 nitrogen and oxygen atoms in total. The van der Waals surface area contributed by atoms with Crippen LogP contribution in [0.1, 0.15) is 37.9 Å². The van der Waals surface area contributed by atoms with Crippen molar-refractivity contribution in [3.8, 4) is 0 Å². The molecule has 0 unspecified atom stereocenters. The number of aromatic nitrogens is 2. The summed E-state index contributed by atoms with van der Waals surface area (Å²) in [7, 11) is 3.61.